The molecule has 4 rings (SSSR count). The average Bonchev–Trinajstić information content (AvgIpc) is 2.92. The average molecular weight is 557 g/mol. The Morgan fingerprint density at radius 2 is 1.66 bits per heavy atom. The highest BCUT2D eigenvalue weighted by molar-refractivity contribution is 6.35. The Labute approximate surface area is 232 Å². The fourth-order valence-corrected chi connectivity index (χ4v) is 5.16. The molecule has 1 atom stereocenters. The maximum atomic E-state index is 13.7. The molecule has 1 aliphatic rings. The van der Waals surface area contributed by atoms with Crippen LogP contribution in [0.1, 0.15) is 43.2 Å². The van der Waals surface area contributed by atoms with Crippen molar-refractivity contribution in [3.8, 4) is 5.75 Å². The van der Waals surface area contributed by atoms with Gasteiger partial charge in [-0.1, -0.05) is 84.9 Å². The summed E-state index contributed by atoms with van der Waals surface area (Å²) < 4.78 is 19.4. The van der Waals surface area contributed by atoms with E-state index in [0.29, 0.717) is 22.8 Å². The number of benzene rings is 3. The number of hydrogen-bond donors (Lipinski definition) is 1. The first-order valence-corrected chi connectivity index (χ1v) is 13.6. The van der Waals surface area contributed by atoms with Crippen molar-refractivity contribution in [3.05, 3.63) is 99.8 Å². The molecule has 0 heterocycles. The molecule has 0 aliphatic heterocycles. The fraction of sp³-hybridized carbons (Fsp3) is 0.333. The second kappa shape index (κ2) is 13.6. The van der Waals surface area contributed by atoms with Crippen LogP contribution in [0.4, 0.5) is 4.39 Å². The van der Waals surface area contributed by atoms with E-state index in [1.54, 1.807) is 24.3 Å². The molecule has 0 saturated heterocycles. The van der Waals surface area contributed by atoms with Crippen LogP contribution in [0.5, 0.6) is 5.75 Å². The molecular weight excluding hydrogens is 526 g/mol. The summed E-state index contributed by atoms with van der Waals surface area (Å²) in [6, 6.07) is 19.6. The normalized spacial score (nSPS) is 14.5. The smallest absolute Gasteiger partial charge is 0.261 e. The van der Waals surface area contributed by atoms with Crippen molar-refractivity contribution < 1.29 is 18.7 Å². The Balaban J connectivity index is 1.61. The molecule has 2 amide bonds. The minimum atomic E-state index is -0.791. The maximum absolute atomic E-state index is 13.7. The highest BCUT2D eigenvalue weighted by atomic mass is 35.5. The van der Waals surface area contributed by atoms with Crippen LogP contribution in [0.25, 0.3) is 0 Å². The van der Waals surface area contributed by atoms with Crippen LogP contribution in [-0.2, 0) is 22.6 Å². The topological polar surface area (TPSA) is 58.6 Å². The summed E-state index contributed by atoms with van der Waals surface area (Å²) in [5.41, 5.74) is 1.63. The number of amides is 2. The van der Waals surface area contributed by atoms with E-state index in [9.17, 15) is 14.0 Å². The third-order valence-corrected chi connectivity index (χ3v) is 7.26. The lowest BCUT2D eigenvalue weighted by Gasteiger charge is -2.33. The van der Waals surface area contributed by atoms with Gasteiger partial charge in [0.2, 0.25) is 5.91 Å². The van der Waals surface area contributed by atoms with E-state index in [-0.39, 0.29) is 41.8 Å². The molecule has 0 spiro atoms. The van der Waals surface area contributed by atoms with Crippen molar-refractivity contribution in [2.75, 3.05) is 6.61 Å². The van der Waals surface area contributed by atoms with Gasteiger partial charge in [0.15, 0.2) is 6.61 Å². The zero-order valence-corrected chi connectivity index (χ0v) is 22.6. The summed E-state index contributed by atoms with van der Waals surface area (Å²) >= 11 is 12.2. The first kappa shape index (κ1) is 27.9. The number of nitrogens with zero attached hydrogens (tertiary/aromatic N) is 1. The van der Waals surface area contributed by atoms with Gasteiger partial charge in [0.25, 0.3) is 5.91 Å². The van der Waals surface area contributed by atoms with Crippen molar-refractivity contribution in [3.63, 3.8) is 0 Å². The van der Waals surface area contributed by atoms with E-state index in [4.69, 9.17) is 27.9 Å². The Morgan fingerprint density at radius 1 is 0.947 bits per heavy atom. The Kier molecular flexibility index (Phi) is 10.0. The molecule has 1 saturated carbocycles. The van der Waals surface area contributed by atoms with Crippen LogP contribution in [0.2, 0.25) is 10.0 Å². The van der Waals surface area contributed by atoms with E-state index in [2.05, 4.69) is 5.32 Å². The number of rotatable bonds is 10. The molecule has 3 aromatic rings. The minimum Gasteiger partial charge on any atom is -0.482 e. The van der Waals surface area contributed by atoms with Gasteiger partial charge in [-0.2, -0.15) is 0 Å². The second-order valence-corrected chi connectivity index (χ2v) is 10.4. The van der Waals surface area contributed by atoms with Crippen LogP contribution in [0.3, 0.4) is 0 Å². The number of carbonyl (C=O) groups excluding carboxylic acids is 2. The molecule has 8 heteroatoms. The minimum absolute atomic E-state index is 0.0846. The van der Waals surface area contributed by atoms with Gasteiger partial charge in [0.1, 0.15) is 17.6 Å². The van der Waals surface area contributed by atoms with Crippen molar-refractivity contribution in [1.29, 1.82) is 0 Å². The molecule has 1 fully saturated rings. The highest BCUT2D eigenvalue weighted by Crippen LogP contribution is 2.28. The summed E-state index contributed by atoms with van der Waals surface area (Å²) in [6.45, 7) is -0.211. The SMILES string of the molecule is O=C(NC1CCCCC1)[C@@H](Cc1ccccc1)N(Cc1ccc(F)cc1)C(=O)COc1ccc(Cl)cc1Cl. The number of hydrogen-bond acceptors (Lipinski definition) is 3. The zero-order valence-electron chi connectivity index (χ0n) is 21.0. The third-order valence-electron chi connectivity index (χ3n) is 6.73. The molecule has 0 bridgehead atoms. The molecule has 0 aromatic heterocycles. The van der Waals surface area contributed by atoms with Crippen molar-refractivity contribution in [2.45, 2.75) is 57.2 Å². The van der Waals surface area contributed by atoms with Gasteiger partial charge in [-0.25, -0.2) is 4.39 Å². The maximum Gasteiger partial charge on any atom is 0.261 e. The van der Waals surface area contributed by atoms with E-state index in [1.165, 1.54) is 29.5 Å². The van der Waals surface area contributed by atoms with Crippen molar-refractivity contribution >= 4 is 35.0 Å². The van der Waals surface area contributed by atoms with Crippen LogP contribution in [-0.4, -0.2) is 35.4 Å². The molecule has 200 valence electrons. The molecule has 1 aliphatic carbocycles. The second-order valence-electron chi connectivity index (χ2n) is 9.56. The molecule has 1 N–H and O–H groups in total. The summed E-state index contributed by atoms with van der Waals surface area (Å²) in [6.07, 6.45) is 5.49. The van der Waals surface area contributed by atoms with Gasteiger partial charge in [0, 0.05) is 24.0 Å². The fourth-order valence-electron chi connectivity index (χ4n) is 4.70. The van der Waals surface area contributed by atoms with Crippen molar-refractivity contribution in [2.24, 2.45) is 0 Å². The largest absolute Gasteiger partial charge is 0.482 e. The summed E-state index contributed by atoms with van der Waals surface area (Å²) in [7, 11) is 0. The lowest BCUT2D eigenvalue weighted by Crippen LogP contribution is -2.53. The number of ether oxygens (including phenoxy) is 1. The number of halogens is 3. The molecule has 0 radical (unpaired) electrons. The third kappa shape index (κ3) is 7.95. The number of nitrogens with one attached hydrogen (secondary N) is 1. The molecule has 5 nitrogen and oxygen atoms in total. The first-order valence-electron chi connectivity index (χ1n) is 12.8. The Morgan fingerprint density at radius 3 is 2.34 bits per heavy atom. The summed E-state index contributed by atoms with van der Waals surface area (Å²) in [5, 5.41) is 3.93. The van der Waals surface area contributed by atoms with Gasteiger partial charge in [-0.15, -0.1) is 0 Å². The van der Waals surface area contributed by atoms with Crippen molar-refractivity contribution in [1.82, 2.24) is 10.2 Å². The highest BCUT2D eigenvalue weighted by Gasteiger charge is 2.32. The first-order chi connectivity index (χ1) is 18.4. The van der Waals surface area contributed by atoms with E-state index in [0.717, 1.165) is 31.2 Å². The van der Waals surface area contributed by atoms with E-state index >= 15 is 0 Å². The Hall–Kier alpha value is -3.09. The van der Waals surface area contributed by atoms with Gasteiger partial charge >= 0.3 is 0 Å². The predicted molar refractivity (Wildman–Crippen MR) is 148 cm³/mol. The molecular formula is C30H31Cl2FN2O3. The lowest BCUT2D eigenvalue weighted by molar-refractivity contribution is -0.143. The van der Waals surface area contributed by atoms with E-state index in [1.807, 2.05) is 30.3 Å². The van der Waals surface area contributed by atoms with Gasteiger partial charge < -0.3 is 15.0 Å². The number of carbonyl (C=O) groups is 2. The molecule has 3 aromatic carbocycles. The zero-order chi connectivity index (χ0) is 26.9. The predicted octanol–water partition coefficient (Wildman–Crippen LogP) is 6.60. The van der Waals surface area contributed by atoms with Gasteiger partial charge in [0.05, 0.1) is 5.02 Å². The van der Waals surface area contributed by atoms with Crippen LogP contribution in [0.15, 0.2) is 72.8 Å². The van der Waals surface area contributed by atoms with E-state index < -0.39 is 6.04 Å². The van der Waals surface area contributed by atoms with Gasteiger partial charge in [-0.05, 0) is 54.3 Å². The monoisotopic (exact) mass is 556 g/mol. The molecule has 0 unspecified atom stereocenters. The Bertz CT molecular complexity index is 1220. The summed E-state index contributed by atoms with van der Waals surface area (Å²) in [5.74, 6) is -0.651. The standard InChI is InChI=1S/C30H31Cl2FN2O3/c31-23-13-16-28(26(32)18-23)38-20-29(36)35(19-22-11-14-24(33)15-12-22)27(17-21-7-3-1-4-8-21)30(37)34-25-9-5-2-6-10-25/h1,3-4,7-8,11-16,18,25,27H,2,5-6,9-10,17,19-20H2,(H,34,37)/t27-/m1/s1. The quantitative estimate of drug-likeness (QED) is 0.306. The lowest BCUT2D eigenvalue weighted by atomic mass is 9.94. The van der Waals surface area contributed by atoms with Crippen LogP contribution < -0.4 is 10.1 Å². The van der Waals surface area contributed by atoms with Crippen LogP contribution in [0, 0.1) is 5.82 Å². The van der Waals surface area contributed by atoms with Gasteiger partial charge in [-0.3, -0.25) is 9.59 Å². The van der Waals surface area contributed by atoms with Crippen LogP contribution >= 0.6 is 23.2 Å². The molecule has 38 heavy (non-hydrogen) atoms. The summed E-state index contributed by atoms with van der Waals surface area (Å²) in [4.78, 5) is 28.9.